The topological polar surface area (TPSA) is 67.2 Å². The third-order valence-corrected chi connectivity index (χ3v) is 7.27. The van der Waals surface area contributed by atoms with E-state index in [0.717, 1.165) is 68.2 Å². The van der Waals surface area contributed by atoms with Gasteiger partial charge in [-0.25, -0.2) is 0 Å². The zero-order valence-corrected chi connectivity index (χ0v) is 22.9. The zero-order valence-electron chi connectivity index (χ0n) is 22.1. The molecule has 2 aliphatic heterocycles. The van der Waals surface area contributed by atoms with E-state index in [1.807, 2.05) is 61.2 Å². The molecule has 0 bridgehead atoms. The molecule has 7 nitrogen and oxygen atoms in total. The van der Waals surface area contributed by atoms with Gasteiger partial charge in [-0.2, -0.15) is 0 Å². The molecule has 2 aliphatic rings. The van der Waals surface area contributed by atoms with E-state index in [0.29, 0.717) is 29.6 Å². The third-order valence-electron chi connectivity index (χ3n) is 6.97. The molecule has 3 heterocycles. The van der Waals surface area contributed by atoms with Gasteiger partial charge in [0.2, 0.25) is 0 Å². The van der Waals surface area contributed by atoms with Gasteiger partial charge in [0.1, 0.15) is 23.4 Å². The second-order valence-electron chi connectivity index (χ2n) is 10.2. The molecule has 2 fully saturated rings. The molecule has 0 unspecified atom stereocenters. The first kappa shape index (κ1) is 26.6. The Morgan fingerprint density at radius 2 is 1.79 bits per heavy atom. The molecular weight excluding hydrogens is 502 g/mol. The van der Waals surface area contributed by atoms with Crippen molar-refractivity contribution in [2.45, 2.75) is 45.4 Å². The van der Waals surface area contributed by atoms with Crippen LogP contribution in [0.1, 0.15) is 42.8 Å². The minimum Gasteiger partial charge on any atom is -0.490 e. The van der Waals surface area contributed by atoms with Crippen LogP contribution in [0.3, 0.4) is 0 Å². The van der Waals surface area contributed by atoms with E-state index in [1.165, 1.54) is 0 Å². The van der Waals surface area contributed by atoms with Gasteiger partial charge in [0, 0.05) is 32.7 Å². The van der Waals surface area contributed by atoms with Gasteiger partial charge in [0.25, 0.3) is 5.91 Å². The summed E-state index contributed by atoms with van der Waals surface area (Å²) in [6.45, 7) is 9.59. The van der Waals surface area contributed by atoms with E-state index in [9.17, 15) is 4.79 Å². The van der Waals surface area contributed by atoms with E-state index >= 15 is 0 Å². The quantitative estimate of drug-likeness (QED) is 0.410. The molecule has 0 aliphatic carbocycles. The first-order chi connectivity index (χ1) is 18.5. The molecule has 1 aromatic heterocycles. The zero-order chi connectivity index (χ0) is 26.5. The number of carbonyl (C=O) groups excluding carboxylic acids is 1. The largest absolute Gasteiger partial charge is 0.490 e. The number of hydrogen-bond acceptors (Lipinski definition) is 6. The Kier molecular flexibility index (Phi) is 8.57. The van der Waals surface area contributed by atoms with Crippen LogP contribution in [0.25, 0.3) is 11.3 Å². The van der Waals surface area contributed by atoms with Gasteiger partial charge in [0.05, 0.1) is 16.7 Å². The van der Waals surface area contributed by atoms with E-state index in [-0.39, 0.29) is 18.1 Å². The number of nitrogens with one attached hydrogen (secondary N) is 1. The number of rotatable bonds is 8. The second kappa shape index (κ2) is 12.2. The summed E-state index contributed by atoms with van der Waals surface area (Å²) in [6.07, 6.45) is 2.27. The van der Waals surface area contributed by atoms with Crippen LogP contribution in [0.5, 0.6) is 11.5 Å². The highest BCUT2D eigenvalue weighted by Crippen LogP contribution is 2.32. The summed E-state index contributed by atoms with van der Waals surface area (Å²) in [5, 5.41) is 4.01. The van der Waals surface area contributed by atoms with Crippen molar-refractivity contribution >= 4 is 17.5 Å². The van der Waals surface area contributed by atoms with Crippen molar-refractivity contribution in [2.75, 3.05) is 39.3 Å². The third kappa shape index (κ3) is 6.52. The van der Waals surface area contributed by atoms with Gasteiger partial charge in [-0.3, -0.25) is 9.69 Å². The van der Waals surface area contributed by atoms with Crippen LogP contribution >= 0.6 is 11.6 Å². The molecule has 3 aromatic rings. The lowest BCUT2D eigenvalue weighted by molar-refractivity contribution is 0.0598. The van der Waals surface area contributed by atoms with Crippen LogP contribution in [0.2, 0.25) is 5.02 Å². The van der Waals surface area contributed by atoms with Gasteiger partial charge >= 0.3 is 0 Å². The van der Waals surface area contributed by atoms with E-state index in [2.05, 4.69) is 16.3 Å². The number of nitrogens with zero attached hydrogens (tertiary/aromatic N) is 2. The maximum absolute atomic E-state index is 13.2. The Balaban J connectivity index is 1.15. The lowest BCUT2D eigenvalue weighted by Gasteiger charge is -2.34. The van der Waals surface area contributed by atoms with Crippen LogP contribution in [-0.2, 0) is 6.54 Å². The van der Waals surface area contributed by atoms with Gasteiger partial charge in [-0.15, -0.1) is 0 Å². The highest BCUT2D eigenvalue weighted by Gasteiger charge is 2.25. The number of para-hydroxylation sites is 1. The van der Waals surface area contributed by atoms with Crippen molar-refractivity contribution in [3.05, 3.63) is 70.9 Å². The van der Waals surface area contributed by atoms with E-state index < -0.39 is 0 Å². The molecule has 1 amide bonds. The minimum atomic E-state index is -0.0828. The van der Waals surface area contributed by atoms with Crippen LogP contribution in [0, 0.1) is 0 Å². The monoisotopic (exact) mass is 537 g/mol. The van der Waals surface area contributed by atoms with Crippen molar-refractivity contribution in [1.82, 2.24) is 15.1 Å². The SMILES string of the molecule is CC(C)Oc1ccccc1-c1ccc(C(=O)N2CCN(Cc3ccc(OC4CCNCC4)c(Cl)c3)CC2)o1. The van der Waals surface area contributed by atoms with Gasteiger partial charge in [-0.1, -0.05) is 29.8 Å². The predicted molar refractivity (Wildman–Crippen MR) is 149 cm³/mol. The Labute approximate surface area is 229 Å². The highest BCUT2D eigenvalue weighted by atomic mass is 35.5. The predicted octanol–water partition coefficient (Wildman–Crippen LogP) is 5.48. The Hall–Kier alpha value is -3.00. The molecule has 0 radical (unpaired) electrons. The van der Waals surface area contributed by atoms with Crippen LogP contribution in [-0.4, -0.2) is 67.2 Å². The van der Waals surface area contributed by atoms with Crippen molar-refractivity contribution < 1.29 is 18.7 Å². The number of ether oxygens (including phenoxy) is 2. The maximum Gasteiger partial charge on any atom is 0.289 e. The number of halogens is 1. The molecule has 2 aromatic carbocycles. The standard InChI is InChI=1S/C30H36ClN3O4/c1-21(2)36-26-6-4-3-5-24(26)27-9-10-29(38-27)30(35)34-17-15-33(16-18-34)20-22-7-8-28(25(31)19-22)37-23-11-13-32-14-12-23/h3-10,19,21,23,32H,11-18,20H2,1-2H3. The number of furan rings is 1. The summed E-state index contributed by atoms with van der Waals surface area (Å²) < 4.78 is 18.0. The number of amides is 1. The second-order valence-corrected chi connectivity index (χ2v) is 10.6. The van der Waals surface area contributed by atoms with E-state index in [4.69, 9.17) is 25.5 Å². The lowest BCUT2D eigenvalue weighted by atomic mass is 10.1. The van der Waals surface area contributed by atoms with E-state index in [1.54, 1.807) is 6.07 Å². The summed E-state index contributed by atoms with van der Waals surface area (Å²) >= 11 is 6.55. The number of piperidine rings is 1. The van der Waals surface area contributed by atoms with Gasteiger partial charge in [-0.05, 0) is 81.7 Å². The number of carbonyl (C=O) groups is 1. The first-order valence-electron chi connectivity index (χ1n) is 13.5. The van der Waals surface area contributed by atoms with Crippen LogP contribution in [0.4, 0.5) is 0 Å². The van der Waals surface area contributed by atoms with Crippen molar-refractivity contribution in [1.29, 1.82) is 0 Å². The van der Waals surface area contributed by atoms with Gasteiger partial charge < -0.3 is 24.1 Å². The Morgan fingerprint density at radius 3 is 2.53 bits per heavy atom. The minimum absolute atomic E-state index is 0.0464. The maximum atomic E-state index is 13.2. The summed E-state index contributed by atoms with van der Waals surface area (Å²) in [5.41, 5.74) is 1.99. The molecule has 202 valence electrons. The molecule has 0 atom stereocenters. The Morgan fingerprint density at radius 1 is 1.03 bits per heavy atom. The molecular formula is C30H36ClN3O4. The molecule has 2 saturated heterocycles. The summed E-state index contributed by atoms with van der Waals surface area (Å²) in [5.74, 6) is 2.40. The molecule has 8 heteroatoms. The Bertz CT molecular complexity index is 1230. The first-order valence-corrected chi connectivity index (χ1v) is 13.9. The lowest BCUT2D eigenvalue weighted by Crippen LogP contribution is -2.48. The fraction of sp³-hybridized carbons (Fsp3) is 0.433. The van der Waals surface area contributed by atoms with Gasteiger partial charge in [0.15, 0.2) is 5.76 Å². The number of hydrogen-bond donors (Lipinski definition) is 1. The smallest absolute Gasteiger partial charge is 0.289 e. The van der Waals surface area contributed by atoms with Crippen molar-refractivity contribution in [3.63, 3.8) is 0 Å². The van der Waals surface area contributed by atoms with Crippen molar-refractivity contribution in [2.24, 2.45) is 0 Å². The average molecular weight is 538 g/mol. The fourth-order valence-electron chi connectivity index (χ4n) is 4.98. The van der Waals surface area contributed by atoms with Crippen molar-refractivity contribution in [3.8, 4) is 22.8 Å². The normalized spacial score (nSPS) is 17.1. The average Bonchev–Trinajstić information content (AvgIpc) is 3.41. The summed E-state index contributed by atoms with van der Waals surface area (Å²) in [4.78, 5) is 17.4. The summed E-state index contributed by atoms with van der Waals surface area (Å²) in [6, 6.07) is 17.4. The molecule has 0 saturated carbocycles. The molecule has 38 heavy (non-hydrogen) atoms. The molecule has 1 N–H and O–H groups in total. The molecule has 5 rings (SSSR count). The number of piperazine rings is 1. The molecule has 0 spiro atoms. The summed E-state index contributed by atoms with van der Waals surface area (Å²) in [7, 11) is 0. The van der Waals surface area contributed by atoms with Crippen LogP contribution in [0.15, 0.2) is 59.0 Å². The highest BCUT2D eigenvalue weighted by molar-refractivity contribution is 6.32. The van der Waals surface area contributed by atoms with Crippen LogP contribution < -0.4 is 14.8 Å². The fourth-order valence-corrected chi connectivity index (χ4v) is 5.23. The number of benzene rings is 2.